The van der Waals surface area contributed by atoms with Crippen LogP contribution in [-0.4, -0.2) is 25.8 Å². The number of halogens is 1. The fraction of sp³-hybridized carbons (Fsp3) is 0.167. The van der Waals surface area contributed by atoms with Crippen LogP contribution in [0.25, 0.3) is 0 Å². The van der Waals surface area contributed by atoms with E-state index >= 15 is 0 Å². The van der Waals surface area contributed by atoms with Gasteiger partial charge >= 0.3 is 0 Å². The summed E-state index contributed by atoms with van der Waals surface area (Å²) in [7, 11) is 0. The third-order valence-corrected chi connectivity index (χ3v) is 4.74. The molecule has 1 aliphatic rings. The summed E-state index contributed by atoms with van der Waals surface area (Å²) in [6, 6.07) is 8.90. The molecule has 1 aliphatic heterocycles. The van der Waals surface area contributed by atoms with Gasteiger partial charge in [-0.15, -0.1) is 0 Å². The van der Waals surface area contributed by atoms with E-state index in [0.717, 1.165) is 16.7 Å². The van der Waals surface area contributed by atoms with Crippen molar-refractivity contribution in [1.29, 1.82) is 0 Å². The fourth-order valence-corrected chi connectivity index (χ4v) is 3.40. The molecule has 7 heteroatoms. The summed E-state index contributed by atoms with van der Waals surface area (Å²) < 4.78 is 1.74. The lowest BCUT2D eigenvalue weighted by Crippen LogP contribution is -2.25. The summed E-state index contributed by atoms with van der Waals surface area (Å²) in [5.74, 6) is 0.315. The molecule has 1 aromatic carbocycles. The molecule has 0 bridgehead atoms. The molecular formula is C18H15ClN4O2. The number of nitrogens with zero attached hydrogens (tertiary/aromatic N) is 3. The summed E-state index contributed by atoms with van der Waals surface area (Å²) in [6.45, 7) is 0.504. The van der Waals surface area contributed by atoms with Crippen LogP contribution in [0.2, 0.25) is 5.02 Å². The molecule has 25 heavy (non-hydrogen) atoms. The van der Waals surface area contributed by atoms with Crippen molar-refractivity contribution in [3.63, 3.8) is 0 Å². The van der Waals surface area contributed by atoms with Gasteiger partial charge in [0.25, 0.3) is 0 Å². The van der Waals surface area contributed by atoms with Gasteiger partial charge in [0.15, 0.2) is 0 Å². The average Bonchev–Trinajstić information content (AvgIpc) is 3.00. The van der Waals surface area contributed by atoms with E-state index in [9.17, 15) is 9.90 Å². The monoisotopic (exact) mass is 354 g/mol. The summed E-state index contributed by atoms with van der Waals surface area (Å²) in [6.07, 6.45) is 5.48. The first kappa shape index (κ1) is 15.7. The predicted octanol–water partition coefficient (Wildman–Crippen LogP) is 3.16. The van der Waals surface area contributed by atoms with Gasteiger partial charge in [-0.25, -0.2) is 4.68 Å². The van der Waals surface area contributed by atoms with Crippen molar-refractivity contribution in [2.45, 2.75) is 18.9 Å². The van der Waals surface area contributed by atoms with E-state index in [1.807, 2.05) is 18.2 Å². The van der Waals surface area contributed by atoms with E-state index in [1.54, 1.807) is 29.3 Å². The summed E-state index contributed by atoms with van der Waals surface area (Å²) in [5.41, 5.74) is 2.59. The minimum atomic E-state index is -0.244. The van der Waals surface area contributed by atoms with Crippen molar-refractivity contribution in [2.75, 3.05) is 5.32 Å². The number of aromatic hydroxyl groups is 1. The van der Waals surface area contributed by atoms with Crippen LogP contribution < -0.4 is 5.32 Å². The molecule has 0 aliphatic carbocycles. The van der Waals surface area contributed by atoms with Crippen LogP contribution in [0, 0.1) is 0 Å². The summed E-state index contributed by atoms with van der Waals surface area (Å²) in [5, 5.41) is 17.5. The molecule has 0 saturated carbocycles. The molecule has 0 radical (unpaired) electrons. The highest BCUT2D eigenvalue weighted by atomic mass is 35.5. The fourth-order valence-electron chi connectivity index (χ4n) is 3.14. The van der Waals surface area contributed by atoms with Gasteiger partial charge in [-0.2, -0.15) is 5.10 Å². The Bertz CT molecular complexity index is 940. The predicted molar refractivity (Wildman–Crippen MR) is 93.8 cm³/mol. The molecule has 2 aromatic heterocycles. The second kappa shape index (κ2) is 6.22. The number of aromatic nitrogens is 3. The summed E-state index contributed by atoms with van der Waals surface area (Å²) in [4.78, 5) is 16.3. The molecule has 1 amide bonds. The van der Waals surface area contributed by atoms with Crippen molar-refractivity contribution in [3.05, 3.63) is 70.6 Å². The number of carbonyl (C=O) groups excluding carboxylic acids is 1. The van der Waals surface area contributed by atoms with Crippen LogP contribution in [0.4, 0.5) is 5.82 Å². The molecule has 1 unspecified atom stereocenters. The van der Waals surface area contributed by atoms with Crippen LogP contribution >= 0.6 is 11.6 Å². The molecule has 0 saturated heterocycles. The maximum Gasteiger partial charge on any atom is 0.226 e. The Morgan fingerprint density at radius 3 is 2.92 bits per heavy atom. The van der Waals surface area contributed by atoms with Gasteiger partial charge in [0, 0.05) is 30.3 Å². The highest BCUT2D eigenvalue weighted by Gasteiger charge is 2.31. The number of rotatable bonds is 3. The van der Waals surface area contributed by atoms with Crippen molar-refractivity contribution in [2.24, 2.45) is 0 Å². The maximum absolute atomic E-state index is 12.2. The van der Waals surface area contributed by atoms with E-state index in [-0.39, 0.29) is 29.0 Å². The molecule has 0 fully saturated rings. The lowest BCUT2D eigenvalue weighted by Gasteiger charge is -2.24. The minimum absolute atomic E-state index is 0.00875. The zero-order chi connectivity index (χ0) is 17.4. The first-order chi connectivity index (χ1) is 12.1. The molecule has 2 N–H and O–H groups in total. The minimum Gasteiger partial charge on any atom is -0.506 e. The van der Waals surface area contributed by atoms with Crippen LogP contribution in [0.5, 0.6) is 5.75 Å². The SMILES string of the molecule is O=C1CC(c2cccc(O)c2Cl)c2cnn(Cc3cccnc3)c2N1. The highest BCUT2D eigenvalue weighted by molar-refractivity contribution is 6.33. The highest BCUT2D eigenvalue weighted by Crippen LogP contribution is 2.42. The molecule has 3 heterocycles. The van der Waals surface area contributed by atoms with Crippen LogP contribution in [0.1, 0.15) is 29.0 Å². The number of pyridine rings is 1. The maximum atomic E-state index is 12.2. The van der Waals surface area contributed by atoms with Crippen LogP contribution in [0.15, 0.2) is 48.9 Å². The molecular weight excluding hydrogens is 340 g/mol. The lowest BCUT2D eigenvalue weighted by atomic mass is 9.87. The van der Waals surface area contributed by atoms with E-state index in [1.165, 1.54) is 6.07 Å². The van der Waals surface area contributed by atoms with Gasteiger partial charge in [0.1, 0.15) is 11.6 Å². The molecule has 6 nitrogen and oxygen atoms in total. The third kappa shape index (κ3) is 2.85. The van der Waals surface area contributed by atoms with Crippen molar-refractivity contribution >= 4 is 23.3 Å². The van der Waals surface area contributed by atoms with Gasteiger partial charge in [0.05, 0.1) is 17.8 Å². The second-order valence-electron chi connectivity index (χ2n) is 5.95. The molecule has 0 spiro atoms. The van der Waals surface area contributed by atoms with Gasteiger partial charge in [-0.1, -0.05) is 29.8 Å². The smallest absolute Gasteiger partial charge is 0.226 e. The van der Waals surface area contributed by atoms with Gasteiger partial charge < -0.3 is 10.4 Å². The zero-order valence-corrected chi connectivity index (χ0v) is 13.9. The van der Waals surface area contributed by atoms with Crippen molar-refractivity contribution < 1.29 is 9.90 Å². The number of carbonyl (C=O) groups is 1. The number of hydrogen-bond acceptors (Lipinski definition) is 4. The second-order valence-corrected chi connectivity index (χ2v) is 6.33. The number of hydrogen-bond donors (Lipinski definition) is 2. The molecule has 4 rings (SSSR count). The number of phenols is 1. The Kier molecular flexibility index (Phi) is 3.89. The number of fused-ring (bicyclic) bond motifs is 1. The molecule has 1 atom stereocenters. The summed E-state index contributed by atoms with van der Waals surface area (Å²) >= 11 is 6.26. The van der Waals surface area contributed by atoms with E-state index in [4.69, 9.17) is 11.6 Å². The topological polar surface area (TPSA) is 80.0 Å². The van der Waals surface area contributed by atoms with Gasteiger partial charge in [-0.05, 0) is 23.3 Å². The lowest BCUT2D eigenvalue weighted by molar-refractivity contribution is -0.116. The number of benzene rings is 1. The average molecular weight is 355 g/mol. The number of amides is 1. The van der Waals surface area contributed by atoms with Crippen LogP contribution in [0.3, 0.4) is 0 Å². The Hall–Kier alpha value is -2.86. The van der Waals surface area contributed by atoms with E-state index < -0.39 is 0 Å². The Morgan fingerprint density at radius 2 is 2.12 bits per heavy atom. The van der Waals surface area contributed by atoms with Crippen LogP contribution in [-0.2, 0) is 11.3 Å². The first-order valence-electron chi connectivity index (χ1n) is 7.85. The van der Waals surface area contributed by atoms with E-state index in [2.05, 4.69) is 15.4 Å². The first-order valence-corrected chi connectivity index (χ1v) is 8.23. The Balaban J connectivity index is 1.75. The number of anilines is 1. The van der Waals surface area contributed by atoms with Gasteiger partial charge in [-0.3, -0.25) is 9.78 Å². The quantitative estimate of drug-likeness (QED) is 0.757. The van der Waals surface area contributed by atoms with Gasteiger partial charge in [0.2, 0.25) is 5.91 Å². The number of phenolic OH excluding ortho intramolecular Hbond substituents is 1. The Labute approximate surface area is 149 Å². The number of nitrogens with one attached hydrogen (secondary N) is 1. The van der Waals surface area contributed by atoms with Crippen molar-refractivity contribution in [1.82, 2.24) is 14.8 Å². The molecule has 126 valence electrons. The standard InChI is InChI=1S/C18H15ClN4O2/c19-17-12(4-1-5-15(17)24)13-7-16(25)22-18-14(13)9-21-23(18)10-11-3-2-6-20-8-11/h1-6,8-9,13,24H,7,10H2,(H,22,25). The largest absolute Gasteiger partial charge is 0.506 e. The molecule has 3 aromatic rings. The van der Waals surface area contributed by atoms with E-state index in [0.29, 0.717) is 12.4 Å². The third-order valence-electron chi connectivity index (χ3n) is 4.33. The zero-order valence-electron chi connectivity index (χ0n) is 13.2. The Morgan fingerprint density at radius 1 is 1.24 bits per heavy atom. The normalized spacial score (nSPS) is 16.4. The van der Waals surface area contributed by atoms with Crippen molar-refractivity contribution in [3.8, 4) is 5.75 Å².